The molecular weight excluding hydrogens is 332 g/mol. The van der Waals surface area contributed by atoms with Crippen molar-refractivity contribution in [2.75, 3.05) is 12.3 Å². The van der Waals surface area contributed by atoms with Gasteiger partial charge in [-0.3, -0.25) is 23.5 Å². The summed E-state index contributed by atoms with van der Waals surface area (Å²) in [4.78, 5) is 47.9. The fourth-order valence-corrected chi connectivity index (χ4v) is 2.29. The normalized spacial score (nSPS) is 10.7. The molecule has 10 heteroatoms. The number of ketones is 1. The molecule has 0 aliphatic carbocycles. The maximum atomic E-state index is 12.2. The van der Waals surface area contributed by atoms with E-state index in [1.807, 2.05) is 0 Å². The highest BCUT2D eigenvalue weighted by molar-refractivity contribution is 6.01. The summed E-state index contributed by atoms with van der Waals surface area (Å²) < 4.78 is 11.6. The van der Waals surface area contributed by atoms with Gasteiger partial charge in [-0.1, -0.05) is 5.16 Å². The number of rotatable bonds is 5. The molecule has 0 unspecified atom stereocenters. The van der Waals surface area contributed by atoms with Gasteiger partial charge in [0.2, 0.25) is 5.78 Å². The third kappa shape index (κ3) is 3.37. The summed E-state index contributed by atoms with van der Waals surface area (Å²) in [5.41, 5.74) is 4.92. The lowest BCUT2D eigenvalue weighted by atomic mass is 10.1. The lowest BCUT2D eigenvalue weighted by molar-refractivity contribution is -0.141. The molecule has 0 bridgehead atoms. The minimum Gasteiger partial charge on any atom is -0.457 e. The molecule has 0 amide bonds. The van der Waals surface area contributed by atoms with Crippen LogP contribution in [0.25, 0.3) is 0 Å². The molecule has 0 atom stereocenters. The van der Waals surface area contributed by atoms with Crippen LogP contribution in [-0.2, 0) is 30.0 Å². The summed E-state index contributed by atoms with van der Waals surface area (Å²) in [6, 6.07) is 0. The van der Waals surface area contributed by atoms with Gasteiger partial charge in [0.15, 0.2) is 6.61 Å². The third-order valence-electron chi connectivity index (χ3n) is 3.86. The predicted octanol–water partition coefficient (Wildman–Crippen LogP) is -0.760. The molecule has 25 heavy (non-hydrogen) atoms. The Balaban J connectivity index is 2.15. The van der Waals surface area contributed by atoms with E-state index in [-0.39, 0.29) is 12.2 Å². The summed E-state index contributed by atoms with van der Waals surface area (Å²) in [7, 11) is 2.56. The Morgan fingerprint density at radius 3 is 2.40 bits per heavy atom. The highest BCUT2D eigenvalue weighted by Crippen LogP contribution is 2.13. The Morgan fingerprint density at radius 2 is 1.84 bits per heavy atom. The SMILES string of the molecule is Cc1noc(C)c1CC(=O)OCC(=O)c1c(N)n(C)c(=O)n(C)c1=O. The second kappa shape index (κ2) is 6.75. The lowest BCUT2D eigenvalue weighted by Crippen LogP contribution is -2.42. The molecule has 2 aromatic heterocycles. The van der Waals surface area contributed by atoms with Crippen molar-refractivity contribution < 1.29 is 18.8 Å². The predicted molar refractivity (Wildman–Crippen MR) is 86.3 cm³/mol. The number of anilines is 1. The van der Waals surface area contributed by atoms with Gasteiger partial charge in [0.25, 0.3) is 5.56 Å². The number of hydrogen-bond donors (Lipinski definition) is 1. The van der Waals surface area contributed by atoms with E-state index in [4.69, 9.17) is 15.0 Å². The van der Waals surface area contributed by atoms with Crippen molar-refractivity contribution in [2.24, 2.45) is 14.1 Å². The van der Waals surface area contributed by atoms with E-state index in [1.165, 1.54) is 14.1 Å². The van der Waals surface area contributed by atoms with Crippen molar-refractivity contribution in [3.05, 3.63) is 43.4 Å². The molecule has 2 heterocycles. The molecule has 2 rings (SSSR count). The number of ether oxygens (including phenoxy) is 1. The van der Waals surface area contributed by atoms with Crippen LogP contribution in [0.5, 0.6) is 0 Å². The molecule has 10 nitrogen and oxygen atoms in total. The van der Waals surface area contributed by atoms with Crippen molar-refractivity contribution in [3.8, 4) is 0 Å². The molecular formula is C15H18N4O6. The minimum atomic E-state index is -0.840. The van der Waals surface area contributed by atoms with Gasteiger partial charge in [0.1, 0.15) is 17.1 Å². The highest BCUT2D eigenvalue weighted by Gasteiger charge is 2.22. The number of nitrogens with zero attached hydrogens (tertiary/aromatic N) is 3. The topological polar surface area (TPSA) is 139 Å². The number of nitrogen functional groups attached to an aromatic ring is 1. The highest BCUT2D eigenvalue weighted by atomic mass is 16.5. The van der Waals surface area contributed by atoms with Crippen LogP contribution in [0.15, 0.2) is 14.1 Å². The van der Waals surface area contributed by atoms with Crippen molar-refractivity contribution >= 4 is 17.6 Å². The largest absolute Gasteiger partial charge is 0.457 e. The van der Waals surface area contributed by atoms with E-state index in [9.17, 15) is 19.2 Å². The first-order chi connectivity index (χ1) is 11.6. The fraction of sp³-hybridized carbons (Fsp3) is 0.400. The number of Topliss-reactive ketones (excluding diaryl/α,β-unsaturated/α-hetero) is 1. The minimum absolute atomic E-state index is 0.116. The van der Waals surface area contributed by atoms with E-state index in [1.54, 1.807) is 13.8 Å². The summed E-state index contributed by atoms with van der Waals surface area (Å²) in [6.07, 6.45) is -0.116. The van der Waals surface area contributed by atoms with Gasteiger partial charge in [-0.2, -0.15) is 0 Å². The van der Waals surface area contributed by atoms with Crippen LogP contribution in [0.3, 0.4) is 0 Å². The van der Waals surface area contributed by atoms with Crippen LogP contribution in [0.2, 0.25) is 0 Å². The first-order valence-corrected chi connectivity index (χ1v) is 7.31. The molecule has 2 N–H and O–H groups in total. The molecule has 0 aliphatic rings. The smallest absolute Gasteiger partial charge is 0.332 e. The van der Waals surface area contributed by atoms with Crippen LogP contribution < -0.4 is 17.0 Å². The average molecular weight is 350 g/mol. The van der Waals surface area contributed by atoms with Gasteiger partial charge >= 0.3 is 11.7 Å². The number of carbonyl (C=O) groups excluding carboxylic acids is 2. The standard InChI is InChI=1S/C15H18N4O6/c1-7-9(8(2)25-17-7)5-11(21)24-6-10(20)12-13(16)18(3)15(23)19(4)14(12)22/h5-6,16H2,1-4H3. The molecule has 134 valence electrons. The third-order valence-corrected chi connectivity index (χ3v) is 3.86. The van der Waals surface area contributed by atoms with Crippen LogP contribution in [0.4, 0.5) is 5.82 Å². The van der Waals surface area contributed by atoms with E-state index in [2.05, 4.69) is 5.16 Å². The zero-order valence-corrected chi connectivity index (χ0v) is 14.3. The monoisotopic (exact) mass is 350 g/mol. The Kier molecular flexibility index (Phi) is 4.91. The second-order valence-electron chi connectivity index (χ2n) is 5.53. The van der Waals surface area contributed by atoms with E-state index in [0.29, 0.717) is 17.0 Å². The summed E-state index contributed by atoms with van der Waals surface area (Å²) in [5, 5.41) is 3.72. The number of aromatic nitrogens is 3. The van der Waals surface area contributed by atoms with Crippen LogP contribution >= 0.6 is 0 Å². The maximum absolute atomic E-state index is 12.2. The first-order valence-electron chi connectivity index (χ1n) is 7.31. The van der Waals surface area contributed by atoms with E-state index in [0.717, 1.165) is 9.13 Å². The van der Waals surface area contributed by atoms with Crippen LogP contribution in [0.1, 0.15) is 27.4 Å². The summed E-state index contributed by atoms with van der Waals surface area (Å²) >= 11 is 0. The lowest BCUT2D eigenvalue weighted by Gasteiger charge is -2.11. The van der Waals surface area contributed by atoms with Gasteiger partial charge in [0.05, 0.1) is 12.1 Å². The van der Waals surface area contributed by atoms with Crippen LogP contribution in [-0.4, -0.2) is 32.7 Å². The molecule has 0 spiro atoms. The second-order valence-corrected chi connectivity index (χ2v) is 5.53. The van der Waals surface area contributed by atoms with Crippen molar-refractivity contribution in [3.63, 3.8) is 0 Å². The van der Waals surface area contributed by atoms with Gasteiger partial charge in [-0.25, -0.2) is 4.79 Å². The molecule has 0 aromatic carbocycles. The van der Waals surface area contributed by atoms with Crippen molar-refractivity contribution in [1.82, 2.24) is 14.3 Å². The molecule has 0 fully saturated rings. The number of nitrogens with two attached hydrogens (primary N) is 1. The molecule has 0 radical (unpaired) electrons. The van der Waals surface area contributed by atoms with E-state index >= 15 is 0 Å². The first kappa shape index (κ1) is 18.2. The average Bonchev–Trinajstić information content (AvgIpc) is 2.88. The Morgan fingerprint density at radius 1 is 1.20 bits per heavy atom. The zero-order valence-electron chi connectivity index (χ0n) is 14.3. The van der Waals surface area contributed by atoms with Crippen LogP contribution in [0, 0.1) is 13.8 Å². The number of carbonyl (C=O) groups is 2. The van der Waals surface area contributed by atoms with Gasteiger partial charge in [0, 0.05) is 19.7 Å². The fourth-order valence-electron chi connectivity index (χ4n) is 2.29. The number of aryl methyl sites for hydroxylation is 2. The molecule has 2 aromatic rings. The van der Waals surface area contributed by atoms with E-state index < -0.39 is 35.2 Å². The van der Waals surface area contributed by atoms with Crippen molar-refractivity contribution in [1.29, 1.82) is 0 Å². The molecule has 0 aliphatic heterocycles. The van der Waals surface area contributed by atoms with Gasteiger partial charge in [-0.05, 0) is 13.8 Å². The summed E-state index contributed by atoms with van der Waals surface area (Å²) in [5.74, 6) is -1.26. The molecule has 0 saturated carbocycles. The quantitative estimate of drug-likeness (QED) is 0.548. The maximum Gasteiger partial charge on any atom is 0.332 e. The van der Waals surface area contributed by atoms with Crippen molar-refractivity contribution in [2.45, 2.75) is 20.3 Å². The Hall–Kier alpha value is -3.17. The number of hydrogen-bond acceptors (Lipinski definition) is 8. The number of esters is 1. The van der Waals surface area contributed by atoms with Gasteiger partial charge < -0.3 is 15.0 Å². The zero-order chi connectivity index (χ0) is 18.9. The molecule has 0 saturated heterocycles. The Bertz CT molecular complexity index is 946. The Labute approximate surface area is 141 Å². The summed E-state index contributed by atoms with van der Waals surface area (Å²) in [6.45, 7) is 2.67. The van der Waals surface area contributed by atoms with Gasteiger partial charge in [-0.15, -0.1) is 0 Å².